The van der Waals surface area contributed by atoms with Gasteiger partial charge in [0.1, 0.15) is 0 Å². The Morgan fingerprint density at radius 3 is 2.62 bits per heavy atom. The third-order valence-corrected chi connectivity index (χ3v) is 3.90. The first-order valence-electron chi connectivity index (χ1n) is 6.98. The number of nitrogens with one attached hydrogen (secondary N) is 1. The van der Waals surface area contributed by atoms with Crippen LogP contribution >= 0.6 is 11.6 Å². The monoisotopic (exact) mass is 352 g/mol. The molecule has 24 heavy (non-hydrogen) atoms. The van der Waals surface area contributed by atoms with Gasteiger partial charge in [-0.05, 0) is 37.3 Å². The van der Waals surface area contributed by atoms with E-state index >= 15 is 0 Å². The van der Waals surface area contributed by atoms with Crippen molar-refractivity contribution in [2.75, 3.05) is 0 Å². The summed E-state index contributed by atoms with van der Waals surface area (Å²) in [4.78, 5) is 6.84. The third kappa shape index (κ3) is 3.10. The minimum absolute atomic E-state index is 0.0909. The lowest BCUT2D eigenvalue weighted by Crippen LogP contribution is -2.05. The van der Waals surface area contributed by atoms with Crippen molar-refractivity contribution in [3.05, 3.63) is 58.1 Å². The second-order valence-corrected chi connectivity index (χ2v) is 5.76. The Bertz CT molecular complexity index is 945. The number of aromatic amines is 1. The number of aliphatic imine (C=N–C) groups is 1. The van der Waals surface area contributed by atoms with Crippen molar-refractivity contribution in [3.63, 3.8) is 0 Å². The molecule has 0 aliphatic rings. The molecule has 0 amide bonds. The Morgan fingerprint density at radius 1 is 1.17 bits per heavy atom. The summed E-state index contributed by atoms with van der Waals surface area (Å²) in [5, 5.41) is 10.3. The van der Waals surface area contributed by atoms with Gasteiger partial charge in [-0.3, -0.25) is 4.99 Å². The van der Waals surface area contributed by atoms with Crippen LogP contribution in [-0.4, -0.2) is 16.3 Å². The average molecular weight is 353 g/mol. The summed E-state index contributed by atoms with van der Waals surface area (Å²) >= 11 is 5.58. The zero-order valence-corrected chi connectivity index (χ0v) is 13.2. The number of nitrogens with zero attached hydrogens (tertiary/aromatic N) is 1. The molecule has 7 heteroatoms. The lowest BCUT2D eigenvalue weighted by Gasteiger charge is -2.09. The molecular weight excluding hydrogens is 341 g/mol. The first-order valence-corrected chi connectivity index (χ1v) is 7.35. The van der Waals surface area contributed by atoms with Gasteiger partial charge in [-0.1, -0.05) is 23.2 Å². The van der Waals surface area contributed by atoms with Crippen molar-refractivity contribution >= 4 is 34.4 Å². The lowest BCUT2D eigenvalue weighted by molar-refractivity contribution is -0.137. The van der Waals surface area contributed by atoms with Crippen LogP contribution in [0.25, 0.3) is 10.9 Å². The number of rotatable bonds is 2. The van der Waals surface area contributed by atoms with E-state index in [1.165, 1.54) is 12.3 Å². The van der Waals surface area contributed by atoms with Crippen LogP contribution in [0.5, 0.6) is 5.88 Å². The number of H-pyrrole nitrogens is 1. The van der Waals surface area contributed by atoms with Gasteiger partial charge in [-0.15, -0.1) is 0 Å². The van der Waals surface area contributed by atoms with Gasteiger partial charge in [0.25, 0.3) is 0 Å². The van der Waals surface area contributed by atoms with Gasteiger partial charge in [-0.2, -0.15) is 13.2 Å². The molecule has 2 aromatic carbocycles. The summed E-state index contributed by atoms with van der Waals surface area (Å²) in [6.45, 7) is 1.90. The average Bonchev–Trinajstić information content (AvgIpc) is 2.80. The highest BCUT2D eigenvalue weighted by atomic mass is 35.5. The highest BCUT2D eigenvalue weighted by molar-refractivity contribution is 6.31. The summed E-state index contributed by atoms with van der Waals surface area (Å²) in [5.74, 6) is -0.0932. The van der Waals surface area contributed by atoms with Crippen molar-refractivity contribution in [2.24, 2.45) is 4.99 Å². The summed E-state index contributed by atoms with van der Waals surface area (Å²) in [6.07, 6.45) is -3.22. The van der Waals surface area contributed by atoms with Crippen LogP contribution in [0.2, 0.25) is 5.02 Å². The molecule has 3 nitrogen and oxygen atoms in total. The number of benzene rings is 2. The van der Waals surface area contributed by atoms with Crippen LogP contribution in [0.15, 0.2) is 41.4 Å². The molecular formula is C17H12ClF3N2O. The number of aromatic hydroxyl groups is 1. The highest BCUT2D eigenvalue weighted by Gasteiger charge is 2.33. The Hall–Kier alpha value is -2.47. The smallest absolute Gasteiger partial charge is 0.417 e. The predicted molar refractivity (Wildman–Crippen MR) is 88.4 cm³/mol. The number of halogens is 4. The molecule has 1 heterocycles. The molecule has 0 spiro atoms. The maximum Gasteiger partial charge on any atom is 0.417 e. The van der Waals surface area contributed by atoms with Crippen LogP contribution in [0.3, 0.4) is 0 Å². The molecule has 0 fully saturated rings. The van der Waals surface area contributed by atoms with Crippen LogP contribution in [-0.2, 0) is 6.18 Å². The summed E-state index contributed by atoms with van der Waals surface area (Å²) < 4.78 is 38.6. The minimum Gasteiger partial charge on any atom is -0.494 e. The summed E-state index contributed by atoms with van der Waals surface area (Å²) in [6, 6.07) is 8.95. The second kappa shape index (κ2) is 5.87. The van der Waals surface area contributed by atoms with E-state index in [0.717, 1.165) is 23.1 Å². The molecule has 2 N–H and O–H groups in total. The minimum atomic E-state index is -4.55. The Kier molecular flexibility index (Phi) is 4.01. The number of hydrogen-bond acceptors (Lipinski definition) is 2. The maximum atomic E-state index is 12.9. The van der Waals surface area contributed by atoms with Crippen LogP contribution in [0.1, 0.15) is 16.7 Å². The SMILES string of the molecule is Cc1ccc2[nH]c(O)c(C=Nc3ccc(Cl)c(C(F)(F)F)c3)c2c1. The molecule has 1 aromatic heterocycles. The van der Waals surface area contributed by atoms with E-state index in [9.17, 15) is 18.3 Å². The number of fused-ring (bicyclic) bond motifs is 1. The zero-order valence-electron chi connectivity index (χ0n) is 12.4. The van der Waals surface area contributed by atoms with Crippen molar-refractivity contribution in [3.8, 4) is 5.88 Å². The Balaban J connectivity index is 2.03. The van der Waals surface area contributed by atoms with E-state index in [-0.39, 0.29) is 16.6 Å². The zero-order chi connectivity index (χ0) is 17.5. The van der Waals surface area contributed by atoms with Gasteiger partial charge in [0.15, 0.2) is 5.88 Å². The van der Waals surface area contributed by atoms with Gasteiger partial charge in [0.2, 0.25) is 0 Å². The number of hydrogen-bond donors (Lipinski definition) is 2. The molecule has 0 aliphatic heterocycles. The summed E-state index contributed by atoms with van der Waals surface area (Å²) in [5.41, 5.74) is 1.26. The third-order valence-electron chi connectivity index (χ3n) is 3.57. The van der Waals surface area contributed by atoms with Crippen LogP contribution < -0.4 is 0 Å². The van der Waals surface area contributed by atoms with E-state index in [4.69, 9.17) is 11.6 Å². The highest BCUT2D eigenvalue weighted by Crippen LogP contribution is 2.37. The molecule has 0 unspecified atom stereocenters. The predicted octanol–water partition coefficient (Wildman–Crippen LogP) is 5.60. The van der Waals surface area contributed by atoms with Crippen LogP contribution in [0.4, 0.5) is 18.9 Å². The first-order chi connectivity index (χ1) is 11.3. The standard InChI is InChI=1S/C17H12ClF3N2O/c1-9-2-5-15-11(6-9)12(16(24)23-15)8-22-10-3-4-14(18)13(7-10)17(19,20)21/h2-8,23-24H,1H3. The fourth-order valence-corrected chi connectivity index (χ4v) is 2.62. The molecule has 0 radical (unpaired) electrons. The van der Waals surface area contributed by atoms with Gasteiger partial charge in [0.05, 0.1) is 21.8 Å². The number of alkyl halides is 3. The van der Waals surface area contributed by atoms with Crippen LogP contribution in [0, 0.1) is 6.92 Å². The van der Waals surface area contributed by atoms with E-state index < -0.39 is 11.7 Å². The summed E-state index contributed by atoms with van der Waals surface area (Å²) in [7, 11) is 0. The molecule has 0 atom stereocenters. The van der Waals surface area contributed by atoms with E-state index in [1.54, 1.807) is 0 Å². The van der Waals surface area contributed by atoms with E-state index in [1.807, 2.05) is 25.1 Å². The molecule has 0 saturated heterocycles. The number of aromatic nitrogens is 1. The molecule has 0 bridgehead atoms. The van der Waals surface area contributed by atoms with Crippen molar-refractivity contribution < 1.29 is 18.3 Å². The maximum absolute atomic E-state index is 12.9. The molecule has 3 aromatic rings. The molecule has 124 valence electrons. The second-order valence-electron chi connectivity index (χ2n) is 5.36. The van der Waals surface area contributed by atoms with Gasteiger partial charge < -0.3 is 10.1 Å². The first kappa shape index (κ1) is 16.4. The van der Waals surface area contributed by atoms with E-state index in [2.05, 4.69) is 9.98 Å². The fourth-order valence-electron chi connectivity index (χ4n) is 2.39. The quantitative estimate of drug-likeness (QED) is 0.579. The van der Waals surface area contributed by atoms with Crippen molar-refractivity contribution in [1.29, 1.82) is 0 Å². The molecule has 0 aliphatic carbocycles. The van der Waals surface area contributed by atoms with Gasteiger partial charge in [-0.25, -0.2) is 0 Å². The van der Waals surface area contributed by atoms with E-state index in [0.29, 0.717) is 11.1 Å². The Labute approximate surface area is 140 Å². The normalized spacial score (nSPS) is 12.4. The molecule has 0 saturated carbocycles. The lowest BCUT2D eigenvalue weighted by atomic mass is 10.1. The van der Waals surface area contributed by atoms with Gasteiger partial charge >= 0.3 is 6.18 Å². The van der Waals surface area contributed by atoms with Crippen molar-refractivity contribution in [2.45, 2.75) is 13.1 Å². The fraction of sp³-hybridized carbons (Fsp3) is 0.118. The Morgan fingerprint density at radius 2 is 1.92 bits per heavy atom. The topological polar surface area (TPSA) is 48.4 Å². The van der Waals surface area contributed by atoms with Crippen molar-refractivity contribution in [1.82, 2.24) is 4.98 Å². The number of aryl methyl sites for hydroxylation is 1. The molecule has 3 rings (SSSR count). The largest absolute Gasteiger partial charge is 0.494 e. The van der Waals surface area contributed by atoms with Gasteiger partial charge in [0, 0.05) is 17.1 Å².